The number of carbonyl (C=O) groups excluding carboxylic acids is 1. The number of aromatic nitrogens is 1. The molecule has 1 aliphatic rings. The van der Waals surface area contributed by atoms with E-state index < -0.39 is 6.10 Å². The average molecular weight is 378 g/mol. The van der Waals surface area contributed by atoms with Crippen molar-refractivity contribution in [1.29, 1.82) is 0 Å². The first-order chi connectivity index (χ1) is 12.6. The van der Waals surface area contributed by atoms with Crippen LogP contribution in [0.25, 0.3) is 0 Å². The number of nitrogens with one attached hydrogen (secondary N) is 2. The molecular weight excluding hydrogens is 356 g/mol. The summed E-state index contributed by atoms with van der Waals surface area (Å²) >= 11 is 1.55. The second kappa shape index (κ2) is 8.84. The molecule has 1 saturated heterocycles. The van der Waals surface area contributed by atoms with Crippen LogP contribution in [0.1, 0.15) is 17.4 Å². The highest BCUT2D eigenvalue weighted by atomic mass is 32.1. The Kier molecular flexibility index (Phi) is 6.26. The highest BCUT2D eigenvalue weighted by Gasteiger charge is 2.15. The van der Waals surface area contributed by atoms with Gasteiger partial charge in [0.2, 0.25) is 0 Å². The fourth-order valence-corrected chi connectivity index (χ4v) is 3.39. The van der Waals surface area contributed by atoms with Gasteiger partial charge in [-0.15, -0.1) is 11.3 Å². The van der Waals surface area contributed by atoms with Crippen molar-refractivity contribution in [3.05, 3.63) is 40.9 Å². The van der Waals surface area contributed by atoms with Crippen molar-refractivity contribution in [2.45, 2.75) is 12.6 Å². The fourth-order valence-electron chi connectivity index (χ4n) is 2.51. The number of anilines is 1. The third-order valence-corrected chi connectivity index (χ3v) is 4.94. The minimum atomic E-state index is -0.839. The number of urea groups is 1. The maximum absolute atomic E-state index is 11.9. The zero-order chi connectivity index (χ0) is 18.4. The van der Waals surface area contributed by atoms with Crippen LogP contribution < -0.4 is 15.5 Å². The van der Waals surface area contributed by atoms with Crippen LogP contribution in [0.4, 0.5) is 9.93 Å². The molecule has 2 aromatic rings. The lowest BCUT2D eigenvalue weighted by molar-refractivity contribution is 0.122. The van der Waals surface area contributed by atoms with Crippen LogP contribution in [-0.2, 0) is 11.3 Å². The van der Waals surface area contributed by atoms with Crippen molar-refractivity contribution in [1.82, 2.24) is 15.6 Å². The number of amides is 2. The Morgan fingerprint density at radius 2 is 2.00 bits per heavy atom. The normalized spacial score (nSPS) is 15.5. The van der Waals surface area contributed by atoms with Gasteiger partial charge in [0.15, 0.2) is 5.13 Å². The maximum Gasteiger partial charge on any atom is 0.315 e. The molecule has 1 fully saturated rings. The second-order valence-corrected chi connectivity index (χ2v) is 6.73. The van der Waals surface area contributed by atoms with Gasteiger partial charge in [-0.25, -0.2) is 9.78 Å². The number of benzene rings is 1. The van der Waals surface area contributed by atoms with Crippen LogP contribution in [0.3, 0.4) is 0 Å². The number of thiazole rings is 1. The van der Waals surface area contributed by atoms with Crippen molar-refractivity contribution < 1.29 is 19.7 Å². The molecule has 0 radical (unpaired) electrons. The minimum absolute atomic E-state index is 0.0761. The van der Waals surface area contributed by atoms with E-state index in [2.05, 4.69) is 20.5 Å². The summed E-state index contributed by atoms with van der Waals surface area (Å²) in [6, 6.07) is 5.84. The monoisotopic (exact) mass is 378 g/mol. The number of ether oxygens (including phenoxy) is 1. The second-order valence-electron chi connectivity index (χ2n) is 5.89. The Hall–Kier alpha value is -2.36. The predicted octanol–water partition coefficient (Wildman–Crippen LogP) is 1.22. The number of aliphatic hydroxyl groups excluding tert-OH is 1. The van der Waals surface area contributed by atoms with Gasteiger partial charge in [0, 0.05) is 25.0 Å². The number of hydrogen-bond acceptors (Lipinski definition) is 7. The Morgan fingerprint density at radius 1 is 1.27 bits per heavy atom. The summed E-state index contributed by atoms with van der Waals surface area (Å²) in [7, 11) is 0. The first kappa shape index (κ1) is 18.4. The van der Waals surface area contributed by atoms with E-state index in [1.807, 2.05) is 5.38 Å². The standard InChI is InChI=1S/C17H22N4O4S/c22-14-3-1-12(2-4-14)15(23)10-19-16(24)18-9-13-11-26-17(20-13)21-5-7-25-8-6-21/h1-4,11,15,22-23H,5-10H2,(H2,18,19,24)/t15-/m1/s1. The summed E-state index contributed by atoms with van der Waals surface area (Å²) in [6.45, 7) is 3.47. The number of nitrogens with zero attached hydrogens (tertiary/aromatic N) is 2. The Bertz CT molecular complexity index is 716. The number of rotatable bonds is 6. The number of aliphatic hydroxyl groups is 1. The summed E-state index contributed by atoms with van der Waals surface area (Å²) in [4.78, 5) is 18.6. The lowest BCUT2D eigenvalue weighted by atomic mass is 10.1. The fraction of sp³-hybridized carbons (Fsp3) is 0.412. The van der Waals surface area contributed by atoms with Crippen LogP contribution >= 0.6 is 11.3 Å². The Balaban J connectivity index is 1.41. The van der Waals surface area contributed by atoms with E-state index in [-0.39, 0.29) is 18.3 Å². The van der Waals surface area contributed by atoms with E-state index in [1.54, 1.807) is 23.5 Å². The van der Waals surface area contributed by atoms with Gasteiger partial charge < -0.3 is 30.5 Å². The number of phenolic OH excluding ortho intramolecular Hbond substituents is 1. The quantitative estimate of drug-likeness (QED) is 0.602. The van der Waals surface area contributed by atoms with Crippen LogP contribution in [0.15, 0.2) is 29.6 Å². The van der Waals surface area contributed by atoms with E-state index in [9.17, 15) is 15.0 Å². The summed E-state index contributed by atoms with van der Waals surface area (Å²) in [5, 5.41) is 27.5. The van der Waals surface area contributed by atoms with Crippen molar-refractivity contribution in [3.63, 3.8) is 0 Å². The number of aromatic hydroxyl groups is 1. The Morgan fingerprint density at radius 3 is 2.73 bits per heavy atom. The van der Waals surface area contributed by atoms with Crippen LogP contribution in [0.2, 0.25) is 0 Å². The number of hydrogen-bond donors (Lipinski definition) is 4. The SMILES string of the molecule is O=C(NCc1csc(N2CCOCC2)n1)NC[C@@H](O)c1ccc(O)cc1. The molecule has 0 bridgehead atoms. The summed E-state index contributed by atoms with van der Waals surface area (Å²) in [5.41, 5.74) is 1.42. The molecule has 26 heavy (non-hydrogen) atoms. The lowest BCUT2D eigenvalue weighted by Gasteiger charge is -2.26. The van der Waals surface area contributed by atoms with E-state index in [0.717, 1.165) is 23.9 Å². The molecule has 4 N–H and O–H groups in total. The van der Waals surface area contributed by atoms with Gasteiger partial charge >= 0.3 is 6.03 Å². The maximum atomic E-state index is 11.9. The number of morpholine rings is 1. The van der Waals surface area contributed by atoms with Gasteiger partial charge in [0.1, 0.15) is 5.75 Å². The third-order valence-electron chi connectivity index (χ3n) is 3.99. The highest BCUT2D eigenvalue weighted by molar-refractivity contribution is 7.13. The Labute approximate surface area is 155 Å². The zero-order valence-corrected chi connectivity index (χ0v) is 15.0. The first-order valence-electron chi connectivity index (χ1n) is 8.37. The molecule has 0 spiro atoms. The van der Waals surface area contributed by atoms with Crippen molar-refractivity contribution in [2.75, 3.05) is 37.7 Å². The molecule has 0 unspecified atom stereocenters. The molecule has 1 aromatic carbocycles. The highest BCUT2D eigenvalue weighted by Crippen LogP contribution is 2.21. The van der Waals surface area contributed by atoms with Crippen LogP contribution in [-0.4, -0.2) is 54.1 Å². The van der Waals surface area contributed by atoms with Gasteiger partial charge in [0.05, 0.1) is 31.6 Å². The van der Waals surface area contributed by atoms with Gasteiger partial charge in [-0.2, -0.15) is 0 Å². The lowest BCUT2D eigenvalue weighted by Crippen LogP contribution is -2.37. The molecule has 1 aromatic heterocycles. The molecule has 0 aliphatic carbocycles. The largest absolute Gasteiger partial charge is 0.508 e. The van der Waals surface area contributed by atoms with Crippen molar-refractivity contribution in [2.24, 2.45) is 0 Å². The molecule has 1 atom stereocenters. The third kappa shape index (κ3) is 5.07. The van der Waals surface area contributed by atoms with E-state index in [4.69, 9.17) is 4.74 Å². The van der Waals surface area contributed by atoms with Crippen molar-refractivity contribution in [3.8, 4) is 5.75 Å². The topological polar surface area (TPSA) is 107 Å². The van der Waals surface area contributed by atoms with Crippen molar-refractivity contribution >= 4 is 22.5 Å². The molecule has 3 rings (SSSR count). The van der Waals surface area contributed by atoms with Crippen LogP contribution in [0, 0.1) is 0 Å². The smallest absolute Gasteiger partial charge is 0.315 e. The van der Waals surface area contributed by atoms with Crippen LogP contribution in [0.5, 0.6) is 5.75 Å². The molecule has 140 valence electrons. The summed E-state index contributed by atoms with van der Waals surface area (Å²) < 4.78 is 5.33. The summed E-state index contributed by atoms with van der Waals surface area (Å²) in [6.07, 6.45) is -0.839. The zero-order valence-electron chi connectivity index (χ0n) is 14.2. The molecule has 2 heterocycles. The van der Waals surface area contributed by atoms with Gasteiger partial charge in [-0.05, 0) is 17.7 Å². The number of carbonyl (C=O) groups is 1. The van der Waals surface area contributed by atoms with Gasteiger partial charge in [-0.3, -0.25) is 0 Å². The van der Waals surface area contributed by atoms with E-state index in [0.29, 0.717) is 25.3 Å². The van der Waals surface area contributed by atoms with Gasteiger partial charge in [0.25, 0.3) is 0 Å². The van der Waals surface area contributed by atoms with Gasteiger partial charge in [-0.1, -0.05) is 12.1 Å². The molecule has 0 saturated carbocycles. The van der Waals surface area contributed by atoms with E-state index in [1.165, 1.54) is 12.1 Å². The average Bonchev–Trinajstić information content (AvgIpc) is 3.15. The molecule has 1 aliphatic heterocycles. The number of phenols is 1. The summed E-state index contributed by atoms with van der Waals surface area (Å²) in [5.74, 6) is 0.131. The molecule has 9 heteroatoms. The van der Waals surface area contributed by atoms with E-state index >= 15 is 0 Å². The molecule has 2 amide bonds. The molecule has 8 nitrogen and oxygen atoms in total. The first-order valence-corrected chi connectivity index (χ1v) is 9.25. The predicted molar refractivity (Wildman–Crippen MR) is 98.5 cm³/mol. The minimum Gasteiger partial charge on any atom is -0.508 e. The molecular formula is C17H22N4O4S.